The zero-order valence-corrected chi connectivity index (χ0v) is 23.6. The zero-order valence-electron chi connectivity index (χ0n) is 21.2. The first-order chi connectivity index (χ1) is 19.2. The number of halogens is 2. The number of carbonyl (C=O) groups excluding carboxylic acids is 2. The van der Waals surface area contributed by atoms with E-state index in [1.165, 1.54) is 18.3 Å². The number of benzene rings is 1. The van der Waals surface area contributed by atoms with E-state index in [0.29, 0.717) is 34.0 Å². The van der Waals surface area contributed by atoms with Crippen LogP contribution in [0, 0.1) is 5.92 Å². The van der Waals surface area contributed by atoms with Gasteiger partial charge in [-0.2, -0.15) is 5.10 Å². The molecule has 3 atom stereocenters. The largest absolute Gasteiger partial charge is 0.740 e. The minimum atomic E-state index is -2.89. The number of nitrogens with one attached hydrogen (secondary N) is 3. The Balaban J connectivity index is 1.39. The van der Waals surface area contributed by atoms with Crippen LogP contribution in [-0.4, -0.2) is 55.4 Å². The summed E-state index contributed by atoms with van der Waals surface area (Å²) in [6.07, 6.45) is 6.49. The van der Waals surface area contributed by atoms with Crippen molar-refractivity contribution in [2.45, 2.75) is 31.7 Å². The molecule has 2 aromatic rings. The smallest absolute Gasteiger partial charge is 0.253 e. The Kier molecular flexibility index (Phi) is 8.40. The van der Waals surface area contributed by atoms with Gasteiger partial charge in [-0.1, -0.05) is 23.2 Å². The van der Waals surface area contributed by atoms with Gasteiger partial charge in [0.15, 0.2) is 5.76 Å². The van der Waals surface area contributed by atoms with E-state index in [-0.39, 0.29) is 47.0 Å². The Labute approximate surface area is 243 Å². The molecule has 11 nitrogen and oxygen atoms in total. The third-order valence-corrected chi connectivity index (χ3v) is 7.65. The van der Waals surface area contributed by atoms with Crippen LogP contribution in [0.3, 0.4) is 0 Å². The monoisotopic (exact) mass is 603 g/mol. The van der Waals surface area contributed by atoms with Gasteiger partial charge in [0.2, 0.25) is 0 Å². The van der Waals surface area contributed by atoms with Crippen molar-refractivity contribution in [1.82, 2.24) is 20.6 Å². The van der Waals surface area contributed by atoms with Gasteiger partial charge < -0.3 is 29.7 Å². The SMILES string of the molecule is CC(NC(=O)c1cc(Cl)ccc1NC(=O)C1=CC(OS(=O)[O-])=CN(C2=NNCC2c2ncccc2Cl)C1)C1CC1. The number of nitrogens with zero attached hydrogens (tertiary/aromatic N) is 3. The Morgan fingerprint density at radius 3 is 2.77 bits per heavy atom. The van der Waals surface area contributed by atoms with E-state index in [1.807, 2.05) is 6.92 Å². The van der Waals surface area contributed by atoms with Gasteiger partial charge in [-0.3, -0.25) is 14.6 Å². The lowest BCUT2D eigenvalue weighted by molar-refractivity contribution is -0.113. The number of rotatable bonds is 8. The summed E-state index contributed by atoms with van der Waals surface area (Å²) < 4.78 is 27.6. The Bertz CT molecular complexity index is 1460. The summed E-state index contributed by atoms with van der Waals surface area (Å²) in [6.45, 7) is 2.37. The fraction of sp³-hybridized carbons (Fsp3) is 0.308. The van der Waals surface area contributed by atoms with Crippen LogP contribution >= 0.6 is 23.2 Å². The third-order valence-electron chi connectivity index (χ3n) is 6.77. The molecule has 0 radical (unpaired) electrons. The van der Waals surface area contributed by atoms with Crippen molar-refractivity contribution in [2.24, 2.45) is 11.0 Å². The first kappa shape index (κ1) is 28.1. The van der Waals surface area contributed by atoms with Gasteiger partial charge in [0.25, 0.3) is 11.8 Å². The summed E-state index contributed by atoms with van der Waals surface area (Å²) >= 11 is 9.65. The quantitative estimate of drug-likeness (QED) is 0.388. The number of hydrogen-bond donors (Lipinski definition) is 3. The molecular weight excluding hydrogens is 579 g/mol. The maximum atomic E-state index is 13.5. The van der Waals surface area contributed by atoms with Gasteiger partial charge in [0.05, 0.1) is 34.4 Å². The van der Waals surface area contributed by atoms with E-state index >= 15 is 0 Å². The fourth-order valence-corrected chi connectivity index (χ4v) is 5.26. The zero-order chi connectivity index (χ0) is 28.4. The van der Waals surface area contributed by atoms with Crippen molar-refractivity contribution in [3.05, 3.63) is 81.4 Å². The highest BCUT2D eigenvalue weighted by Gasteiger charge is 2.33. The molecule has 5 rings (SSSR count). The minimum Gasteiger partial charge on any atom is -0.740 e. The normalized spacial score (nSPS) is 19.9. The van der Waals surface area contributed by atoms with E-state index in [1.54, 1.807) is 35.4 Å². The van der Waals surface area contributed by atoms with Gasteiger partial charge in [0, 0.05) is 35.6 Å². The summed E-state index contributed by atoms with van der Waals surface area (Å²) in [4.78, 5) is 32.5. The molecule has 40 heavy (non-hydrogen) atoms. The molecule has 14 heteroatoms. The third kappa shape index (κ3) is 6.47. The number of amidine groups is 1. The first-order valence-electron chi connectivity index (χ1n) is 12.5. The fourth-order valence-electron chi connectivity index (χ4n) is 4.59. The van der Waals surface area contributed by atoms with Crippen molar-refractivity contribution >= 4 is 57.9 Å². The maximum Gasteiger partial charge on any atom is 0.253 e. The highest BCUT2D eigenvalue weighted by Crippen LogP contribution is 2.33. The van der Waals surface area contributed by atoms with Crippen molar-refractivity contribution in [1.29, 1.82) is 0 Å². The molecule has 0 spiro atoms. The molecule has 3 N–H and O–H groups in total. The molecule has 1 aliphatic carbocycles. The summed E-state index contributed by atoms with van der Waals surface area (Å²) in [6, 6.07) is 8.01. The number of hydrazone groups is 1. The molecule has 3 unspecified atom stereocenters. The molecule has 1 saturated carbocycles. The van der Waals surface area contributed by atoms with Crippen molar-refractivity contribution in [3.8, 4) is 0 Å². The number of anilines is 1. The van der Waals surface area contributed by atoms with E-state index in [2.05, 4.69) is 26.1 Å². The van der Waals surface area contributed by atoms with Gasteiger partial charge in [-0.05, 0) is 62.1 Å². The number of amides is 2. The lowest BCUT2D eigenvalue weighted by Gasteiger charge is -2.28. The molecule has 2 amide bonds. The van der Waals surface area contributed by atoms with Gasteiger partial charge >= 0.3 is 0 Å². The summed E-state index contributed by atoms with van der Waals surface area (Å²) in [5.41, 5.74) is 4.12. The molecule has 0 bridgehead atoms. The van der Waals surface area contributed by atoms with Gasteiger partial charge in [-0.25, -0.2) is 4.21 Å². The van der Waals surface area contributed by atoms with Crippen LogP contribution in [0.15, 0.2) is 65.2 Å². The van der Waals surface area contributed by atoms with E-state index < -0.39 is 17.3 Å². The lowest BCUT2D eigenvalue weighted by atomic mass is 10.0. The summed E-state index contributed by atoms with van der Waals surface area (Å²) in [7, 11) is 0. The molecular formula is C26H25Cl2N6O5S-. The number of carbonyl (C=O) groups is 2. The highest BCUT2D eigenvalue weighted by atomic mass is 35.5. The topological polar surface area (TPSA) is 148 Å². The van der Waals surface area contributed by atoms with Crippen molar-refractivity contribution in [2.75, 3.05) is 18.4 Å². The average Bonchev–Trinajstić information content (AvgIpc) is 3.66. The number of pyridine rings is 1. The molecule has 3 heterocycles. The molecule has 210 valence electrons. The van der Waals surface area contributed by atoms with Gasteiger partial charge in [0.1, 0.15) is 17.2 Å². The maximum absolute atomic E-state index is 13.5. The van der Waals surface area contributed by atoms with Gasteiger partial charge in [-0.15, -0.1) is 0 Å². The first-order valence-corrected chi connectivity index (χ1v) is 14.2. The van der Waals surface area contributed by atoms with Crippen LogP contribution in [0.1, 0.15) is 41.7 Å². The Morgan fingerprint density at radius 1 is 1.25 bits per heavy atom. The average molecular weight is 604 g/mol. The number of aromatic nitrogens is 1. The second-order valence-electron chi connectivity index (χ2n) is 9.62. The number of allylic oxidation sites excluding steroid dienone is 1. The predicted octanol–water partition coefficient (Wildman–Crippen LogP) is 3.45. The number of hydrogen-bond acceptors (Lipinski definition) is 9. The van der Waals surface area contributed by atoms with Crippen LogP contribution < -0.4 is 16.1 Å². The van der Waals surface area contributed by atoms with Crippen molar-refractivity contribution in [3.63, 3.8) is 0 Å². The second kappa shape index (κ2) is 12.0. The lowest BCUT2D eigenvalue weighted by Crippen LogP contribution is -2.37. The second-order valence-corrected chi connectivity index (χ2v) is 11.0. The van der Waals surface area contributed by atoms with Crippen LogP contribution in [0.5, 0.6) is 0 Å². The molecule has 1 aromatic heterocycles. The molecule has 1 fully saturated rings. The Hall–Kier alpha value is -3.45. The predicted molar refractivity (Wildman–Crippen MR) is 150 cm³/mol. The van der Waals surface area contributed by atoms with E-state index in [0.717, 1.165) is 12.8 Å². The molecule has 2 aliphatic heterocycles. The van der Waals surface area contributed by atoms with Crippen molar-refractivity contribution < 1.29 is 22.5 Å². The Morgan fingerprint density at radius 2 is 2.05 bits per heavy atom. The van der Waals surface area contributed by atoms with E-state index in [4.69, 9.17) is 27.4 Å². The van der Waals surface area contributed by atoms with E-state index in [9.17, 15) is 18.4 Å². The standard InChI is InChI=1S/C26H26Cl2N6O5S/c1-14(15-4-5-15)31-26(36)19-10-17(27)6-7-22(19)32-25(35)16-9-18(39-40(37)38)13-34(12-16)24-20(11-30-33-24)23-21(28)3-2-8-29-23/h2-3,6-10,13-15,20,30H,4-5,11-12H2,1H3,(H,31,36)(H,32,35)(H,37,38)/p-1. The molecule has 3 aliphatic rings. The summed E-state index contributed by atoms with van der Waals surface area (Å²) in [5, 5.41) is 10.9. The molecule has 0 saturated heterocycles. The van der Waals surface area contributed by atoms with Crippen LogP contribution in [0.2, 0.25) is 10.0 Å². The highest BCUT2D eigenvalue weighted by molar-refractivity contribution is 7.74. The van der Waals surface area contributed by atoms with Crippen LogP contribution in [0.4, 0.5) is 5.69 Å². The van der Waals surface area contributed by atoms with Crippen LogP contribution in [-0.2, 0) is 20.3 Å². The van der Waals surface area contributed by atoms with Crippen LogP contribution in [0.25, 0.3) is 0 Å². The summed E-state index contributed by atoms with van der Waals surface area (Å²) in [5.74, 6) is -0.486. The molecule has 1 aromatic carbocycles. The minimum absolute atomic E-state index is 0.0104.